The molecule has 0 atom stereocenters. The van der Waals surface area contributed by atoms with Crippen molar-refractivity contribution in [2.24, 2.45) is 0 Å². The van der Waals surface area contributed by atoms with Gasteiger partial charge in [-0.1, -0.05) is 24.3 Å². The number of nitrogens with zero attached hydrogens (tertiary/aromatic N) is 1. The van der Waals surface area contributed by atoms with Crippen molar-refractivity contribution >= 4 is 16.0 Å². The van der Waals surface area contributed by atoms with E-state index in [-0.39, 0.29) is 24.7 Å². The van der Waals surface area contributed by atoms with Gasteiger partial charge in [-0.25, -0.2) is 0 Å². The molecule has 1 amide bonds. The molecular formula is C27H22F3NO6S. The zero-order valence-corrected chi connectivity index (χ0v) is 20.8. The van der Waals surface area contributed by atoms with Crippen LogP contribution in [0.5, 0.6) is 11.5 Å². The van der Waals surface area contributed by atoms with E-state index in [1.165, 1.54) is 25.5 Å². The molecule has 0 aliphatic rings. The number of carbonyl (C=O) groups excluding carboxylic acids is 1. The average Bonchev–Trinajstić information content (AvgIpc) is 3.41. The van der Waals surface area contributed by atoms with Crippen molar-refractivity contribution in [2.45, 2.75) is 24.2 Å². The first kappa shape index (κ1) is 26.8. The largest absolute Gasteiger partial charge is 0.497 e. The first-order valence-corrected chi connectivity index (χ1v) is 12.6. The molecule has 0 aliphatic heterocycles. The molecule has 7 nitrogen and oxygen atoms in total. The molecular weight excluding hydrogens is 523 g/mol. The van der Waals surface area contributed by atoms with E-state index in [4.69, 9.17) is 13.3 Å². The van der Waals surface area contributed by atoms with Gasteiger partial charge >= 0.3 is 16.3 Å². The van der Waals surface area contributed by atoms with Crippen molar-refractivity contribution in [1.82, 2.24) is 4.90 Å². The minimum atomic E-state index is -4.70. The molecule has 0 aliphatic carbocycles. The fourth-order valence-electron chi connectivity index (χ4n) is 3.60. The van der Waals surface area contributed by atoms with Crippen LogP contribution in [0.2, 0.25) is 0 Å². The Kier molecular flexibility index (Phi) is 7.77. The summed E-state index contributed by atoms with van der Waals surface area (Å²) in [4.78, 5) is 14.2. The predicted molar refractivity (Wildman–Crippen MR) is 131 cm³/mol. The summed E-state index contributed by atoms with van der Waals surface area (Å²) in [6, 6.07) is 19.3. The van der Waals surface area contributed by atoms with Gasteiger partial charge in [-0.3, -0.25) is 4.79 Å². The van der Waals surface area contributed by atoms with Crippen LogP contribution in [0, 0.1) is 0 Å². The topological polar surface area (TPSA) is 86.0 Å². The number of methoxy groups -OCH3 is 1. The van der Waals surface area contributed by atoms with Gasteiger partial charge in [0.05, 0.1) is 25.5 Å². The zero-order valence-electron chi connectivity index (χ0n) is 20.0. The van der Waals surface area contributed by atoms with Crippen molar-refractivity contribution in [1.29, 1.82) is 0 Å². The third kappa shape index (κ3) is 6.54. The van der Waals surface area contributed by atoms with Crippen molar-refractivity contribution in [2.75, 3.05) is 7.11 Å². The second kappa shape index (κ2) is 11.0. The molecule has 1 heterocycles. The number of amides is 1. The summed E-state index contributed by atoms with van der Waals surface area (Å²) < 4.78 is 79.7. The molecule has 0 spiro atoms. The molecule has 3 aromatic carbocycles. The summed E-state index contributed by atoms with van der Waals surface area (Å²) in [5.41, 5.74) is -0.0467. The van der Waals surface area contributed by atoms with Gasteiger partial charge in [0, 0.05) is 12.1 Å². The summed E-state index contributed by atoms with van der Waals surface area (Å²) in [5, 5.41) is 0. The highest BCUT2D eigenvalue weighted by Gasteiger charge is 2.32. The van der Waals surface area contributed by atoms with E-state index in [0.717, 1.165) is 18.2 Å². The molecule has 11 heteroatoms. The quantitative estimate of drug-likeness (QED) is 0.243. The molecule has 0 fully saturated rings. The number of halogens is 3. The minimum Gasteiger partial charge on any atom is -0.497 e. The van der Waals surface area contributed by atoms with Crippen LogP contribution < -0.4 is 8.92 Å². The third-order valence-corrected chi connectivity index (χ3v) is 6.73. The van der Waals surface area contributed by atoms with Gasteiger partial charge in [-0.05, 0) is 66.2 Å². The fourth-order valence-corrected chi connectivity index (χ4v) is 4.58. The molecule has 0 bridgehead atoms. The maximum atomic E-state index is 13.3. The molecule has 0 saturated heterocycles. The molecule has 0 saturated carbocycles. The Balaban J connectivity index is 1.52. The highest BCUT2D eigenvalue weighted by molar-refractivity contribution is 7.87. The maximum Gasteiger partial charge on any atom is 0.416 e. The van der Waals surface area contributed by atoms with Crippen molar-refractivity contribution in [3.8, 4) is 11.5 Å². The number of rotatable bonds is 9. The number of hydrogen-bond acceptors (Lipinski definition) is 6. The lowest BCUT2D eigenvalue weighted by atomic mass is 10.1. The number of alkyl halides is 3. The Morgan fingerprint density at radius 2 is 1.63 bits per heavy atom. The van der Waals surface area contributed by atoms with E-state index in [9.17, 15) is 26.4 Å². The van der Waals surface area contributed by atoms with Gasteiger partial charge in [0.25, 0.3) is 5.91 Å². The van der Waals surface area contributed by atoms with Crippen LogP contribution in [0.1, 0.15) is 27.2 Å². The zero-order chi connectivity index (χ0) is 27.3. The summed E-state index contributed by atoms with van der Waals surface area (Å²) in [6.45, 7) is 0.322. The lowest BCUT2D eigenvalue weighted by molar-refractivity contribution is -0.137. The number of ether oxygens (including phenoxy) is 1. The van der Waals surface area contributed by atoms with E-state index in [1.807, 2.05) is 0 Å². The third-order valence-electron chi connectivity index (χ3n) is 5.48. The maximum absolute atomic E-state index is 13.3. The first-order chi connectivity index (χ1) is 18.0. The van der Waals surface area contributed by atoms with Gasteiger partial charge in [-0.2, -0.15) is 21.6 Å². The Bertz CT molecular complexity index is 1500. The van der Waals surface area contributed by atoms with Crippen LogP contribution in [0.4, 0.5) is 13.2 Å². The summed E-state index contributed by atoms with van der Waals surface area (Å²) >= 11 is 0. The number of carbonyl (C=O) groups is 1. The molecule has 198 valence electrons. The Labute approximate surface area is 217 Å². The lowest BCUT2D eigenvalue weighted by Crippen LogP contribution is -2.30. The monoisotopic (exact) mass is 545 g/mol. The standard InChI is InChI=1S/C27H22F3NO6S/c1-35-23-7-2-5-20(15-23)26(32)31(18-24-8-4-14-36-24)17-19-10-12-22(13-11-19)37-38(33,34)25-9-3-6-21(16-25)27(28,29)30/h2-16H,17-18H2,1H3. The van der Waals surface area contributed by atoms with Gasteiger partial charge in [-0.15, -0.1) is 0 Å². The van der Waals surface area contributed by atoms with E-state index < -0.39 is 26.8 Å². The van der Waals surface area contributed by atoms with Crippen molar-refractivity contribution in [3.63, 3.8) is 0 Å². The van der Waals surface area contributed by atoms with Crippen molar-refractivity contribution < 1.29 is 39.7 Å². The summed E-state index contributed by atoms with van der Waals surface area (Å²) in [5.74, 6) is 0.710. The molecule has 4 aromatic rings. The molecule has 4 rings (SSSR count). The van der Waals surface area contributed by atoms with Gasteiger partial charge in [0.15, 0.2) is 0 Å². The average molecular weight is 546 g/mol. The molecule has 1 aromatic heterocycles. The van der Waals surface area contributed by atoms with E-state index >= 15 is 0 Å². The van der Waals surface area contributed by atoms with Crippen molar-refractivity contribution in [3.05, 3.63) is 114 Å². The Morgan fingerprint density at radius 1 is 0.895 bits per heavy atom. The van der Waals surface area contributed by atoms with E-state index in [0.29, 0.717) is 28.7 Å². The fraction of sp³-hybridized carbons (Fsp3) is 0.148. The second-order valence-corrected chi connectivity index (χ2v) is 9.73. The predicted octanol–water partition coefficient (Wildman–Crippen LogP) is 5.92. The molecule has 0 radical (unpaired) electrons. The smallest absolute Gasteiger partial charge is 0.416 e. The van der Waals surface area contributed by atoms with Gasteiger partial charge < -0.3 is 18.2 Å². The summed E-state index contributed by atoms with van der Waals surface area (Å²) in [7, 11) is -3.01. The SMILES string of the molecule is COc1cccc(C(=O)N(Cc2ccc(OS(=O)(=O)c3cccc(C(F)(F)F)c3)cc2)Cc2ccco2)c1. The number of furan rings is 1. The first-order valence-electron chi connectivity index (χ1n) is 11.2. The van der Waals surface area contributed by atoms with Crippen LogP contribution >= 0.6 is 0 Å². The Hall–Kier alpha value is -4.25. The van der Waals surface area contributed by atoms with Crippen LogP contribution in [0.3, 0.4) is 0 Å². The summed E-state index contributed by atoms with van der Waals surface area (Å²) in [6.07, 6.45) is -3.20. The second-order valence-electron chi connectivity index (χ2n) is 8.18. The van der Waals surface area contributed by atoms with E-state index in [2.05, 4.69) is 0 Å². The highest BCUT2D eigenvalue weighted by atomic mass is 32.2. The normalized spacial score (nSPS) is 11.7. The Morgan fingerprint density at radius 3 is 2.29 bits per heavy atom. The van der Waals surface area contributed by atoms with Gasteiger partial charge in [0.2, 0.25) is 0 Å². The van der Waals surface area contributed by atoms with Crippen LogP contribution in [0.25, 0.3) is 0 Å². The van der Waals surface area contributed by atoms with Crippen LogP contribution in [-0.4, -0.2) is 26.3 Å². The van der Waals surface area contributed by atoms with Gasteiger partial charge in [0.1, 0.15) is 22.2 Å². The molecule has 0 unspecified atom stereocenters. The van der Waals surface area contributed by atoms with E-state index in [1.54, 1.807) is 53.4 Å². The molecule has 38 heavy (non-hydrogen) atoms. The lowest BCUT2D eigenvalue weighted by Gasteiger charge is -2.22. The minimum absolute atomic E-state index is 0.0946. The number of hydrogen-bond donors (Lipinski definition) is 0. The highest BCUT2D eigenvalue weighted by Crippen LogP contribution is 2.31. The van der Waals surface area contributed by atoms with Crippen LogP contribution in [-0.2, 0) is 29.4 Å². The molecule has 0 N–H and O–H groups in total. The van der Waals surface area contributed by atoms with Crippen LogP contribution in [0.15, 0.2) is 101 Å². The number of benzene rings is 3.